The third-order valence-electron chi connectivity index (χ3n) is 4.52. The van der Waals surface area contributed by atoms with Gasteiger partial charge in [0.15, 0.2) is 11.5 Å². The summed E-state index contributed by atoms with van der Waals surface area (Å²) in [6.07, 6.45) is 0. The summed E-state index contributed by atoms with van der Waals surface area (Å²) in [4.78, 5) is 11.7. The number of methoxy groups -OCH3 is 1. The molecule has 3 aliphatic rings. The zero-order valence-electron chi connectivity index (χ0n) is 13.9. The molecule has 26 heavy (non-hydrogen) atoms. The number of carbonyl (C=O) groups excluding carboxylic acids is 1. The van der Waals surface area contributed by atoms with E-state index in [4.69, 9.17) is 14.2 Å². The first-order chi connectivity index (χ1) is 12.7. The van der Waals surface area contributed by atoms with Crippen LogP contribution in [0.2, 0.25) is 0 Å². The van der Waals surface area contributed by atoms with Crippen LogP contribution in [0.3, 0.4) is 0 Å². The van der Waals surface area contributed by atoms with E-state index in [0.29, 0.717) is 5.56 Å². The molecule has 2 heterocycles. The monoisotopic (exact) mass is 349 g/mol. The molecular formula is C19H15N3O4. The zero-order chi connectivity index (χ0) is 17.7. The van der Waals surface area contributed by atoms with E-state index in [-0.39, 0.29) is 12.8 Å². The first-order valence-electron chi connectivity index (χ1n) is 8.11. The van der Waals surface area contributed by atoms with Gasteiger partial charge in [-0.1, -0.05) is 6.07 Å². The molecule has 0 amide bonds. The molecule has 2 aromatic rings. The molecule has 0 saturated carbocycles. The second kappa shape index (κ2) is 5.45. The van der Waals surface area contributed by atoms with Gasteiger partial charge in [-0.15, -0.1) is 0 Å². The van der Waals surface area contributed by atoms with E-state index in [1.54, 1.807) is 18.2 Å². The maximum Gasteiger partial charge on any atom is 0.337 e. The largest absolute Gasteiger partial charge is 0.465 e. The molecule has 0 unspecified atom stereocenters. The smallest absolute Gasteiger partial charge is 0.337 e. The van der Waals surface area contributed by atoms with E-state index in [2.05, 4.69) is 21.6 Å². The van der Waals surface area contributed by atoms with Gasteiger partial charge in [-0.3, -0.25) is 10.2 Å². The van der Waals surface area contributed by atoms with Crippen molar-refractivity contribution in [3.05, 3.63) is 48.0 Å². The summed E-state index contributed by atoms with van der Waals surface area (Å²) in [6.45, 7) is 0.255. The summed E-state index contributed by atoms with van der Waals surface area (Å²) in [5, 5.41) is 11.8. The first kappa shape index (κ1) is 14.7. The van der Waals surface area contributed by atoms with Gasteiger partial charge in [0.2, 0.25) is 6.79 Å². The molecule has 7 nitrogen and oxygen atoms in total. The third kappa shape index (κ3) is 2.17. The van der Waals surface area contributed by atoms with Gasteiger partial charge in [-0.2, -0.15) is 0 Å². The Morgan fingerprint density at radius 2 is 1.96 bits per heavy atom. The van der Waals surface area contributed by atoms with Crippen molar-refractivity contribution < 1.29 is 19.0 Å². The van der Waals surface area contributed by atoms with Gasteiger partial charge in [0.1, 0.15) is 5.82 Å². The second-order valence-electron chi connectivity index (χ2n) is 6.05. The molecule has 0 spiro atoms. The molecule has 130 valence electrons. The number of carbonyl (C=O) groups is 1. The summed E-state index contributed by atoms with van der Waals surface area (Å²) in [5.74, 6) is 1.94. The van der Waals surface area contributed by atoms with E-state index in [1.165, 1.54) is 7.11 Å². The number of anilines is 2. The van der Waals surface area contributed by atoms with Gasteiger partial charge >= 0.3 is 5.97 Å². The number of hydrogen-bond acceptors (Lipinski definition) is 5. The minimum absolute atomic E-state index is 0.255. The van der Waals surface area contributed by atoms with Crippen molar-refractivity contribution in [1.29, 1.82) is 0 Å². The lowest BCUT2D eigenvalue weighted by Gasteiger charge is -2.06. The van der Waals surface area contributed by atoms with E-state index >= 15 is 0 Å². The van der Waals surface area contributed by atoms with Crippen molar-refractivity contribution >= 4 is 28.2 Å². The van der Waals surface area contributed by atoms with Crippen LogP contribution in [0.25, 0.3) is 22.0 Å². The van der Waals surface area contributed by atoms with Crippen LogP contribution in [-0.4, -0.2) is 30.1 Å². The zero-order valence-corrected chi connectivity index (χ0v) is 13.9. The van der Waals surface area contributed by atoms with Crippen molar-refractivity contribution in [3.8, 4) is 22.8 Å². The van der Waals surface area contributed by atoms with E-state index in [9.17, 15) is 4.79 Å². The number of hydrogen-bond donors (Lipinski definition) is 3. The fourth-order valence-electron chi connectivity index (χ4n) is 3.28. The quantitative estimate of drug-likeness (QED) is 0.489. The molecule has 0 fully saturated rings. The number of esters is 1. The van der Waals surface area contributed by atoms with Crippen molar-refractivity contribution in [2.45, 2.75) is 0 Å². The number of aromatic amines is 2. The Bertz CT molecular complexity index is 1110. The molecule has 0 saturated heterocycles. The Balaban J connectivity index is 1.53. The van der Waals surface area contributed by atoms with Crippen molar-refractivity contribution in [3.63, 3.8) is 0 Å². The maximum absolute atomic E-state index is 11.7. The van der Waals surface area contributed by atoms with Gasteiger partial charge in [0, 0.05) is 16.6 Å². The Kier molecular flexibility index (Phi) is 3.08. The summed E-state index contributed by atoms with van der Waals surface area (Å²) < 4.78 is 15.7. The average molecular weight is 349 g/mol. The van der Waals surface area contributed by atoms with E-state index < -0.39 is 0 Å². The van der Waals surface area contributed by atoms with Crippen LogP contribution < -0.4 is 14.8 Å². The molecule has 0 radical (unpaired) electrons. The fraction of sp³-hybridized carbons (Fsp3) is 0.105. The minimum atomic E-state index is -0.370. The number of fused-ring (bicyclic) bond motifs is 4. The van der Waals surface area contributed by atoms with E-state index in [0.717, 1.165) is 45.0 Å². The highest BCUT2D eigenvalue weighted by molar-refractivity contribution is 6.05. The molecule has 2 aliphatic heterocycles. The van der Waals surface area contributed by atoms with Crippen LogP contribution in [0.4, 0.5) is 11.5 Å². The van der Waals surface area contributed by atoms with Crippen molar-refractivity contribution in [1.82, 2.24) is 10.2 Å². The highest BCUT2D eigenvalue weighted by Crippen LogP contribution is 2.44. The number of H-pyrrole nitrogens is 2. The van der Waals surface area contributed by atoms with Crippen LogP contribution in [0.15, 0.2) is 42.5 Å². The SMILES string of the molecule is COC(=O)c1cccc(Nc2[nH][nH]c3c4cc5c(cc4cc2-3)OCO5)c1. The van der Waals surface area contributed by atoms with Gasteiger partial charge in [0.25, 0.3) is 0 Å². The Hall–Kier alpha value is -3.61. The normalized spacial score (nSPS) is 12.7. The van der Waals surface area contributed by atoms with Crippen LogP contribution >= 0.6 is 0 Å². The predicted molar refractivity (Wildman–Crippen MR) is 96.5 cm³/mol. The topological polar surface area (TPSA) is 88.4 Å². The maximum atomic E-state index is 11.7. The third-order valence-corrected chi connectivity index (χ3v) is 4.52. The predicted octanol–water partition coefficient (Wildman–Crippen LogP) is 3.86. The Morgan fingerprint density at radius 3 is 2.81 bits per heavy atom. The second-order valence-corrected chi connectivity index (χ2v) is 6.05. The molecule has 1 aliphatic carbocycles. The van der Waals surface area contributed by atoms with Crippen LogP contribution in [0.5, 0.6) is 11.5 Å². The molecule has 0 bridgehead atoms. The van der Waals surface area contributed by atoms with Gasteiger partial charge in [-0.25, -0.2) is 4.79 Å². The summed E-state index contributed by atoms with van der Waals surface area (Å²) in [7, 11) is 1.37. The van der Waals surface area contributed by atoms with Crippen LogP contribution in [-0.2, 0) is 4.74 Å². The van der Waals surface area contributed by atoms with Gasteiger partial charge < -0.3 is 19.5 Å². The average Bonchev–Trinajstić information content (AvgIpc) is 3.35. The number of nitrogens with one attached hydrogen (secondary N) is 3. The molecule has 7 heteroatoms. The van der Waals surface area contributed by atoms with Gasteiger partial charge in [0.05, 0.1) is 18.4 Å². The Labute approximate surface area is 148 Å². The lowest BCUT2D eigenvalue weighted by molar-refractivity contribution is 0.0601. The number of rotatable bonds is 3. The summed E-state index contributed by atoms with van der Waals surface area (Å²) in [5.41, 5.74) is 3.25. The number of ether oxygens (including phenoxy) is 3. The van der Waals surface area contributed by atoms with Crippen LogP contribution in [0.1, 0.15) is 10.4 Å². The number of aromatic nitrogens is 2. The molecule has 2 aromatic carbocycles. The van der Waals surface area contributed by atoms with Gasteiger partial charge in [-0.05, 0) is 41.8 Å². The van der Waals surface area contributed by atoms with Crippen molar-refractivity contribution in [2.24, 2.45) is 0 Å². The molecule has 0 aromatic heterocycles. The highest BCUT2D eigenvalue weighted by Gasteiger charge is 2.22. The first-order valence-corrected chi connectivity index (χ1v) is 8.11. The summed E-state index contributed by atoms with van der Waals surface area (Å²) >= 11 is 0. The lowest BCUT2D eigenvalue weighted by Crippen LogP contribution is -2.01. The molecule has 5 rings (SSSR count). The molecule has 0 atom stereocenters. The fourth-order valence-corrected chi connectivity index (χ4v) is 3.28. The highest BCUT2D eigenvalue weighted by atomic mass is 16.7. The standard InChI is InChI=1S/C19H15N3O4/c1-24-19(23)10-3-2-4-12(5-10)20-18-14-6-11-7-15-16(26-9-25-15)8-13(11)17(14)21-22-18/h2-8,20-22H,9H2,1H3. The van der Waals surface area contributed by atoms with Crippen molar-refractivity contribution in [2.75, 3.05) is 19.2 Å². The lowest BCUT2D eigenvalue weighted by atomic mass is 10.2. The van der Waals surface area contributed by atoms with Crippen LogP contribution in [0, 0.1) is 0 Å². The molecular weight excluding hydrogens is 334 g/mol. The molecule has 3 N–H and O–H groups in total. The number of benzene rings is 2. The minimum Gasteiger partial charge on any atom is -0.465 e. The van der Waals surface area contributed by atoms with E-state index in [1.807, 2.05) is 18.2 Å². The summed E-state index contributed by atoms with van der Waals surface area (Å²) in [6, 6.07) is 13.2. The Morgan fingerprint density at radius 1 is 1.12 bits per heavy atom.